The summed E-state index contributed by atoms with van der Waals surface area (Å²) in [6.07, 6.45) is 0. The third-order valence-electron chi connectivity index (χ3n) is 2.53. The second kappa shape index (κ2) is 5.76. The Bertz CT molecular complexity index is 734. The Kier molecular flexibility index (Phi) is 4.04. The molecule has 108 valence electrons. The summed E-state index contributed by atoms with van der Waals surface area (Å²) in [5.74, 6) is -2.62. The first-order chi connectivity index (χ1) is 9.90. The maximum absolute atomic E-state index is 13.5. The van der Waals surface area contributed by atoms with Crippen molar-refractivity contribution in [2.45, 2.75) is 0 Å². The van der Waals surface area contributed by atoms with Gasteiger partial charge in [-0.2, -0.15) is 0 Å². The second-order valence-electron chi connectivity index (χ2n) is 3.89. The van der Waals surface area contributed by atoms with Gasteiger partial charge in [-0.1, -0.05) is 17.7 Å². The lowest BCUT2D eigenvalue weighted by atomic mass is 10.2. The molecule has 6 nitrogen and oxygen atoms in total. The van der Waals surface area contributed by atoms with E-state index < -0.39 is 22.3 Å². The van der Waals surface area contributed by atoms with E-state index in [0.717, 1.165) is 18.2 Å². The minimum Gasteiger partial charge on any atom is -0.477 e. The zero-order valence-corrected chi connectivity index (χ0v) is 11.0. The molecule has 0 saturated carbocycles. The molecule has 1 N–H and O–H groups in total. The molecule has 0 aliphatic rings. The lowest BCUT2D eigenvalue weighted by Gasteiger charge is -2.09. The van der Waals surface area contributed by atoms with Crippen LogP contribution in [0.2, 0.25) is 5.02 Å². The highest BCUT2D eigenvalue weighted by molar-refractivity contribution is 6.32. The van der Waals surface area contributed by atoms with Gasteiger partial charge in [-0.3, -0.25) is 10.1 Å². The molecule has 2 aromatic rings. The van der Waals surface area contributed by atoms with Crippen LogP contribution >= 0.6 is 11.6 Å². The first-order valence-corrected chi connectivity index (χ1v) is 5.91. The normalized spacial score (nSPS) is 10.2. The number of ether oxygens (including phenoxy) is 1. The number of carboxylic acid groups (broad SMARTS) is 1. The van der Waals surface area contributed by atoms with Gasteiger partial charge in [0.2, 0.25) is 0 Å². The molecule has 0 aromatic heterocycles. The Balaban J connectivity index is 2.39. The molecule has 2 aromatic carbocycles. The van der Waals surface area contributed by atoms with Crippen LogP contribution in [0.25, 0.3) is 0 Å². The van der Waals surface area contributed by atoms with E-state index in [-0.39, 0.29) is 22.2 Å². The zero-order chi connectivity index (χ0) is 15.6. The molecule has 0 heterocycles. The average Bonchev–Trinajstić information content (AvgIpc) is 2.37. The predicted octanol–water partition coefficient (Wildman–Crippen LogP) is 3.88. The fourth-order valence-electron chi connectivity index (χ4n) is 1.62. The van der Waals surface area contributed by atoms with Gasteiger partial charge in [-0.05, 0) is 18.2 Å². The molecule has 0 bridgehead atoms. The lowest BCUT2D eigenvalue weighted by molar-refractivity contribution is -0.384. The molecular formula is C13H7ClFNO5. The summed E-state index contributed by atoms with van der Waals surface area (Å²) in [5, 5.41) is 19.4. The van der Waals surface area contributed by atoms with Crippen molar-refractivity contribution in [1.82, 2.24) is 0 Å². The van der Waals surface area contributed by atoms with E-state index in [9.17, 15) is 19.3 Å². The van der Waals surface area contributed by atoms with Gasteiger partial charge in [0.1, 0.15) is 27.9 Å². The monoisotopic (exact) mass is 311 g/mol. The number of nitrogens with zero attached hydrogens (tertiary/aromatic N) is 1. The van der Waals surface area contributed by atoms with Gasteiger partial charge in [0.15, 0.2) is 0 Å². The van der Waals surface area contributed by atoms with Crippen molar-refractivity contribution in [1.29, 1.82) is 0 Å². The van der Waals surface area contributed by atoms with Crippen molar-refractivity contribution in [2.24, 2.45) is 0 Å². The number of benzene rings is 2. The van der Waals surface area contributed by atoms with E-state index in [1.54, 1.807) is 0 Å². The summed E-state index contributed by atoms with van der Waals surface area (Å²) < 4.78 is 18.7. The number of nitro groups is 1. The molecule has 0 atom stereocenters. The highest BCUT2D eigenvalue weighted by atomic mass is 35.5. The lowest BCUT2D eigenvalue weighted by Crippen LogP contribution is -2.03. The minimum atomic E-state index is -1.49. The van der Waals surface area contributed by atoms with Crippen LogP contribution in [0.3, 0.4) is 0 Å². The van der Waals surface area contributed by atoms with E-state index in [1.807, 2.05) is 0 Å². The maximum Gasteiger partial charge on any atom is 0.342 e. The van der Waals surface area contributed by atoms with Crippen LogP contribution in [-0.4, -0.2) is 16.0 Å². The molecule has 0 spiro atoms. The number of aromatic carboxylic acids is 1. The molecule has 21 heavy (non-hydrogen) atoms. The molecule has 0 aliphatic carbocycles. The number of halogens is 2. The van der Waals surface area contributed by atoms with Gasteiger partial charge in [0.25, 0.3) is 5.69 Å². The summed E-state index contributed by atoms with van der Waals surface area (Å²) in [6.45, 7) is 0. The van der Waals surface area contributed by atoms with Crippen molar-refractivity contribution in [3.8, 4) is 11.5 Å². The fourth-order valence-corrected chi connectivity index (χ4v) is 1.86. The first kappa shape index (κ1) is 14.7. The van der Waals surface area contributed by atoms with Crippen LogP contribution in [0.5, 0.6) is 11.5 Å². The Hall–Kier alpha value is -2.67. The third kappa shape index (κ3) is 3.09. The SMILES string of the molecule is O=C(O)c1c(F)cccc1Oc1ccc([N+](=O)[O-])c(Cl)c1. The Morgan fingerprint density at radius 1 is 1.33 bits per heavy atom. The van der Waals surface area contributed by atoms with Crippen LogP contribution in [-0.2, 0) is 0 Å². The topological polar surface area (TPSA) is 89.7 Å². The summed E-state index contributed by atoms with van der Waals surface area (Å²) >= 11 is 5.71. The number of nitro benzene ring substituents is 1. The van der Waals surface area contributed by atoms with E-state index in [1.165, 1.54) is 18.2 Å². The van der Waals surface area contributed by atoms with Crippen LogP contribution in [0.4, 0.5) is 10.1 Å². The molecule has 2 rings (SSSR count). The molecule has 0 saturated heterocycles. The molecule has 0 radical (unpaired) electrons. The Labute approximate surface area is 122 Å². The van der Waals surface area contributed by atoms with Gasteiger partial charge in [0, 0.05) is 12.1 Å². The smallest absolute Gasteiger partial charge is 0.342 e. The second-order valence-corrected chi connectivity index (χ2v) is 4.30. The maximum atomic E-state index is 13.5. The van der Waals surface area contributed by atoms with Crippen molar-refractivity contribution >= 4 is 23.3 Å². The van der Waals surface area contributed by atoms with Crippen molar-refractivity contribution in [3.05, 3.63) is 62.9 Å². The molecule has 0 fully saturated rings. The highest BCUT2D eigenvalue weighted by Crippen LogP contribution is 2.32. The molecule has 0 amide bonds. The van der Waals surface area contributed by atoms with Gasteiger partial charge >= 0.3 is 5.97 Å². The predicted molar refractivity (Wildman–Crippen MR) is 71.5 cm³/mol. The Morgan fingerprint density at radius 2 is 2.05 bits per heavy atom. The Morgan fingerprint density at radius 3 is 2.62 bits per heavy atom. The number of hydrogen-bond donors (Lipinski definition) is 1. The molecule has 0 unspecified atom stereocenters. The van der Waals surface area contributed by atoms with Crippen LogP contribution in [0.1, 0.15) is 10.4 Å². The van der Waals surface area contributed by atoms with Gasteiger partial charge in [0.05, 0.1) is 4.92 Å². The van der Waals surface area contributed by atoms with Gasteiger partial charge in [-0.25, -0.2) is 9.18 Å². The van der Waals surface area contributed by atoms with Gasteiger partial charge < -0.3 is 9.84 Å². The van der Waals surface area contributed by atoms with E-state index in [2.05, 4.69) is 0 Å². The zero-order valence-electron chi connectivity index (χ0n) is 10.2. The van der Waals surface area contributed by atoms with E-state index >= 15 is 0 Å². The number of carboxylic acids is 1. The van der Waals surface area contributed by atoms with Crippen LogP contribution < -0.4 is 4.74 Å². The summed E-state index contributed by atoms with van der Waals surface area (Å²) in [5.41, 5.74) is -0.950. The first-order valence-electron chi connectivity index (χ1n) is 5.53. The molecule has 0 aliphatic heterocycles. The number of hydrogen-bond acceptors (Lipinski definition) is 4. The van der Waals surface area contributed by atoms with E-state index in [4.69, 9.17) is 21.4 Å². The fraction of sp³-hybridized carbons (Fsp3) is 0. The van der Waals surface area contributed by atoms with Crippen LogP contribution in [0, 0.1) is 15.9 Å². The van der Waals surface area contributed by atoms with Gasteiger partial charge in [-0.15, -0.1) is 0 Å². The highest BCUT2D eigenvalue weighted by Gasteiger charge is 2.19. The van der Waals surface area contributed by atoms with E-state index in [0.29, 0.717) is 0 Å². The largest absolute Gasteiger partial charge is 0.477 e. The average molecular weight is 312 g/mol. The summed E-state index contributed by atoms with van der Waals surface area (Å²) in [6, 6.07) is 7.03. The summed E-state index contributed by atoms with van der Waals surface area (Å²) in [4.78, 5) is 21.0. The summed E-state index contributed by atoms with van der Waals surface area (Å²) in [7, 11) is 0. The van der Waals surface area contributed by atoms with Crippen molar-refractivity contribution in [2.75, 3.05) is 0 Å². The quantitative estimate of drug-likeness (QED) is 0.683. The number of rotatable bonds is 4. The third-order valence-corrected chi connectivity index (χ3v) is 2.84. The standard InChI is InChI=1S/C13H7ClFNO5/c14-8-6-7(4-5-10(8)16(19)20)21-11-3-1-2-9(15)12(11)13(17)18/h1-6H,(H,17,18). The molecular weight excluding hydrogens is 305 g/mol. The van der Waals surface area contributed by atoms with Crippen LogP contribution in [0.15, 0.2) is 36.4 Å². The van der Waals surface area contributed by atoms with Crippen molar-refractivity contribution < 1.29 is 24.0 Å². The minimum absolute atomic E-state index is 0.0544. The number of carbonyl (C=O) groups is 1. The molecule has 8 heteroatoms. The van der Waals surface area contributed by atoms with Crippen molar-refractivity contribution in [3.63, 3.8) is 0 Å².